The van der Waals surface area contributed by atoms with Gasteiger partial charge < -0.3 is 5.32 Å². The Balaban J connectivity index is 2.02. The largest absolute Gasteiger partial charge is 0.316 e. The summed E-state index contributed by atoms with van der Waals surface area (Å²) in [6.45, 7) is 2.59. The molecule has 52 valence electrons. The average Bonchev–Trinajstić information content (AvgIpc) is 2.22. The number of halogens is 1. The molecule has 0 aromatic rings. The molecule has 0 amide bonds. The molecular formula is C7H12IN. The van der Waals surface area contributed by atoms with E-state index in [0.717, 1.165) is 15.8 Å². The van der Waals surface area contributed by atoms with Gasteiger partial charge in [0, 0.05) is 3.92 Å². The topological polar surface area (TPSA) is 12.0 Å². The molecule has 0 bridgehead atoms. The second kappa shape index (κ2) is 2.38. The number of hydrogen-bond donors (Lipinski definition) is 1. The van der Waals surface area contributed by atoms with Crippen LogP contribution < -0.4 is 5.32 Å². The van der Waals surface area contributed by atoms with E-state index >= 15 is 0 Å². The van der Waals surface area contributed by atoms with E-state index in [1.165, 1.54) is 25.9 Å². The van der Waals surface area contributed by atoms with Crippen molar-refractivity contribution in [3.8, 4) is 0 Å². The van der Waals surface area contributed by atoms with Gasteiger partial charge in [-0.3, -0.25) is 0 Å². The SMILES string of the molecule is IC1CC2CNCC2C1. The molecule has 0 aromatic heterocycles. The second-order valence-electron chi connectivity index (χ2n) is 3.25. The normalized spacial score (nSPS) is 49.7. The molecule has 2 atom stereocenters. The Morgan fingerprint density at radius 3 is 2.22 bits per heavy atom. The third kappa shape index (κ3) is 1.11. The van der Waals surface area contributed by atoms with E-state index in [9.17, 15) is 0 Å². The minimum atomic E-state index is 0.986. The molecule has 0 spiro atoms. The van der Waals surface area contributed by atoms with Crippen LogP contribution in [-0.4, -0.2) is 17.0 Å². The minimum absolute atomic E-state index is 0.986. The summed E-state index contributed by atoms with van der Waals surface area (Å²) in [7, 11) is 0. The van der Waals surface area contributed by atoms with E-state index in [-0.39, 0.29) is 0 Å². The van der Waals surface area contributed by atoms with Gasteiger partial charge >= 0.3 is 0 Å². The van der Waals surface area contributed by atoms with E-state index in [4.69, 9.17) is 0 Å². The van der Waals surface area contributed by atoms with Crippen LogP contribution in [0.25, 0.3) is 0 Å². The predicted octanol–water partition coefficient (Wildman–Crippen LogP) is 1.42. The Kier molecular flexibility index (Phi) is 1.69. The fourth-order valence-corrected chi connectivity index (χ4v) is 3.40. The summed E-state index contributed by atoms with van der Waals surface area (Å²) in [6.07, 6.45) is 2.94. The summed E-state index contributed by atoms with van der Waals surface area (Å²) < 4.78 is 0.986. The molecule has 2 rings (SSSR count). The van der Waals surface area contributed by atoms with Crippen molar-refractivity contribution in [2.75, 3.05) is 13.1 Å². The summed E-state index contributed by atoms with van der Waals surface area (Å²) in [5, 5.41) is 3.44. The summed E-state index contributed by atoms with van der Waals surface area (Å²) in [6, 6.07) is 0. The summed E-state index contributed by atoms with van der Waals surface area (Å²) in [5.41, 5.74) is 0. The molecular weight excluding hydrogens is 225 g/mol. The van der Waals surface area contributed by atoms with Crippen LogP contribution in [0.2, 0.25) is 0 Å². The lowest BCUT2D eigenvalue weighted by atomic mass is 10.0. The first-order valence-electron chi connectivity index (χ1n) is 3.71. The standard InChI is InChI=1S/C7H12IN/c8-7-1-5-3-9-4-6(5)2-7/h5-7,9H,1-4H2. The van der Waals surface area contributed by atoms with Gasteiger partial charge in [0.05, 0.1) is 0 Å². The highest BCUT2D eigenvalue weighted by molar-refractivity contribution is 14.1. The Morgan fingerprint density at radius 2 is 1.67 bits per heavy atom. The molecule has 1 saturated carbocycles. The molecule has 1 heterocycles. The number of nitrogens with one attached hydrogen (secondary N) is 1. The number of hydrogen-bond acceptors (Lipinski definition) is 1. The molecule has 1 aliphatic carbocycles. The van der Waals surface area contributed by atoms with Crippen molar-refractivity contribution >= 4 is 22.6 Å². The highest BCUT2D eigenvalue weighted by Gasteiger charge is 2.35. The van der Waals surface area contributed by atoms with Gasteiger partial charge in [-0.05, 0) is 37.8 Å². The van der Waals surface area contributed by atoms with Crippen molar-refractivity contribution in [3.05, 3.63) is 0 Å². The van der Waals surface area contributed by atoms with Crippen molar-refractivity contribution in [2.45, 2.75) is 16.8 Å². The predicted molar refractivity (Wildman–Crippen MR) is 46.9 cm³/mol. The molecule has 2 aliphatic rings. The lowest BCUT2D eigenvalue weighted by Gasteiger charge is -2.02. The molecule has 1 saturated heterocycles. The Hall–Kier alpha value is 0.690. The number of alkyl halides is 1. The zero-order valence-electron chi connectivity index (χ0n) is 5.44. The summed E-state index contributed by atoms with van der Waals surface area (Å²) >= 11 is 2.59. The molecule has 0 aromatic carbocycles. The first-order chi connectivity index (χ1) is 4.36. The van der Waals surface area contributed by atoms with Crippen LogP contribution in [0.5, 0.6) is 0 Å². The monoisotopic (exact) mass is 237 g/mol. The van der Waals surface area contributed by atoms with Crippen LogP contribution in [0, 0.1) is 11.8 Å². The molecule has 2 heteroatoms. The molecule has 0 radical (unpaired) electrons. The maximum absolute atomic E-state index is 3.44. The van der Waals surface area contributed by atoms with Crippen LogP contribution >= 0.6 is 22.6 Å². The van der Waals surface area contributed by atoms with E-state index in [2.05, 4.69) is 27.9 Å². The highest BCUT2D eigenvalue weighted by Crippen LogP contribution is 2.38. The van der Waals surface area contributed by atoms with Crippen LogP contribution in [0.4, 0.5) is 0 Å². The Morgan fingerprint density at radius 1 is 1.11 bits per heavy atom. The van der Waals surface area contributed by atoms with Gasteiger partial charge in [0.2, 0.25) is 0 Å². The summed E-state index contributed by atoms with van der Waals surface area (Å²) in [5.74, 6) is 2.07. The lowest BCUT2D eigenvalue weighted by Crippen LogP contribution is -2.11. The van der Waals surface area contributed by atoms with Crippen molar-refractivity contribution in [3.63, 3.8) is 0 Å². The molecule has 2 fully saturated rings. The highest BCUT2D eigenvalue weighted by atomic mass is 127. The van der Waals surface area contributed by atoms with Crippen molar-refractivity contribution in [1.82, 2.24) is 5.32 Å². The molecule has 1 nitrogen and oxygen atoms in total. The average molecular weight is 237 g/mol. The van der Waals surface area contributed by atoms with Crippen molar-refractivity contribution < 1.29 is 0 Å². The lowest BCUT2D eigenvalue weighted by molar-refractivity contribution is 0.494. The third-order valence-corrected chi connectivity index (χ3v) is 3.61. The van der Waals surface area contributed by atoms with Crippen molar-refractivity contribution in [2.24, 2.45) is 11.8 Å². The van der Waals surface area contributed by atoms with Crippen LogP contribution in [0.3, 0.4) is 0 Å². The van der Waals surface area contributed by atoms with Gasteiger partial charge in [-0.25, -0.2) is 0 Å². The number of rotatable bonds is 0. The first kappa shape index (κ1) is 6.40. The maximum Gasteiger partial charge on any atom is 0.0116 e. The van der Waals surface area contributed by atoms with Gasteiger partial charge in [0.25, 0.3) is 0 Å². The quantitative estimate of drug-likeness (QED) is 0.496. The van der Waals surface area contributed by atoms with Crippen LogP contribution in [0.1, 0.15) is 12.8 Å². The van der Waals surface area contributed by atoms with Crippen LogP contribution in [0.15, 0.2) is 0 Å². The van der Waals surface area contributed by atoms with E-state index in [0.29, 0.717) is 0 Å². The first-order valence-corrected chi connectivity index (χ1v) is 4.95. The van der Waals surface area contributed by atoms with Gasteiger partial charge in [-0.1, -0.05) is 22.6 Å². The molecule has 9 heavy (non-hydrogen) atoms. The van der Waals surface area contributed by atoms with Gasteiger partial charge in [-0.15, -0.1) is 0 Å². The Labute approximate surface area is 69.7 Å². The second-order valence-corrected chi connectivity index (χ2v) is 5.01. The zero-order valence-corrected chi connectivity index (χ0v) is 7.60. The van der Waals surface area contributed by atoms with Gasteiger partial charge in [0.15, 0.2) is 0 Å². The van der Waals surface area contributed by atoms with Crippen molar-refractivity contribution in [1.29, 1.82) is 0 Å². The summed E-state index contributed by atoms with van der Waals surface area (Å²) in [4.78, 5) is 0. The molecule has 2 unspecified atom stereocenters. The number of fused-ring (bicyclic) bond motifs is 1. The van der Waals surface area contributed by atoms with Gasteiger partial charge in [0.1, 0.15) is 0 Å². The van der Waals surface area contributed by atoms with Crippen LogP contribution in [-0.2, 0) is 0 Å². The van der Waals surface area contributed by atoms with E-state index < -0.39 is 0 Å². The zero-order chi connectivity index (χ0) is 6.27. The third-order valence-electron chi connectivity index (χ3n) is 2.60. The minimum Gasteiger partial charge on any atom is -0.316 e. The van der Waals surface area contributed by atoms with E-state index in [1.807, 2.05) is 0 Å². The molecule has 1 N–H and O–H groups in total. The Bertz CT molecular complexity index is 103. The maximum atomic E-state index is 3.44. The smallest absolute Gasteiger partial charge is 0.0116 e. The molecule has 1 aliphatic heterocycles. The fourth-order valence-electron chi connectivity index (χ4n) is 2.09. The van der Waals surface area contributed by atoms with E-state index in [1.54, 1.807) is 0 Å². The fraction of sp³-hybridized carbons (Fsp3) is 1.00. The van der Waals surface area contributed by atoms with Gasteiger partial charge in [-0.2, -0.15) is 0 Å².